The number of likely N-dealkylation sites (tertiary alicyclic amines) is 1. The molecule has 0 saturated carbocycles. The van der Waals surface area contributed by atoms with Crippen molar-refractivity contribution in [3.05, 3.63) is 59.1 Å². The Morgan fingerprint density at radius 3 is 2.52 bits per heavy atom. The van der Waals surface area contributed by atoms with Gasteiger partial charge in [0.05, 0.1) is 0 Å². The zero-order valence-corrected chi connectivity index (χ0v) is 15.3. The SMILES string of the molecule is O=C(Nc1ccc(Cl)cc1)c1cccc(OC(=S)N2CCCCC2)c1. The molecular weight excluding hydrogens is 356 g/mol. The van der Waals surface area contributed by atoms with Crippen LogP contribution in [0.15, 0.2) is 48.5 Å². The van der Waals surface area contributed by atoms with Gasteiger partial charge in [0.25, 0.3) is 11.1 Å². The molecule has 1 heterocycles. The summed E-state index contributed by atoms with van der Waals surface area (Å²) in [6, 6.07) is 14.0. The Hall–Kier alpha value is -2.11. The van der Waals surface area contributed by atoms with Crippen molar-refractivity contribution in [2.24, 2.45) is 0 Å². The highest BCUT2D eigenvalue weighted by atomic mass is 35.5. The van der Waals surface area contributed by atoms with Gasteiger partial charge in [-0.25, -0.2) is 0 Å². The van der Waals surface area contributed by atoms with Gasteiger partial charge in [0.2, 0.25) is 0 Å². The number of nitrogens with one attached hydrogen (secondary N) is 1. The topological polar surface area (TPSA) is 41.6 Å². The van der Waals surface area contributed by atoms with Gasteiger partial charge < -0.3 is 15.0 Å². The average molecular weight is 375 g/mol. The van der Waals surface area contributed by atoms with E-state index in [0.717, 1.165) is 25.9 Å². The number of nitrogens with zero attached hydrogens (tertiary/aromatic N) is 1. The van der Waals surface area contributed by atoms with E-state index in [0.29, 0.717) is 27.2 Å². The lowest BCUT2D eigenvalue weighted by Gasteiger charge is -2.28. The Morgan fingerprint density at radius 1 is 1.08 bits per heavy atom. The van der Waals surface area contributed by atoms with E-state index >= 15 is 0 Å². The van der Waals surface area contributed by atoms with Gasteiger partial charge in [-0.3, -0.25) is 4.79 Å². The fraction of sp³-hybridized carbons (Fsp3) is 0.263. The predicted molar refractivity (Wildman–Crippen MR) is 104 cm³/mol. The molecule has 0 atom stereocenters. The second-order valence-electron chi connectivity index (χ2n) is 5.90. The molecule has 0 radical (unpaired) electrons. The van der Waals surface area contributed by atoms with Crippen LogP contribution in [0.4, 0.5) is 5.69 Å². The summed E-state index contributed by atoms with van der Waals surface area (Å²) in [5, 5.41) is 3.93. The minimum absolute atomic E-state index is 0.211. The Morgan fingerprint density at radius 2 is 1.80 bits per heavy atom. The van der Waals surface area contributed by atoms with Crippen LogP contribution in [0.3, 0.4) is 0 Å². The number of halogens is 1. The molecule has 0 spiro atoms. The second-order valence-corrected chi connectivity index (χ2v) is 6.69. The Kier molecular flexibility index (Phi) is 5.89. The maximum Gasteiger partial charge on any atom is 0.264 e. The molecule has 2 aromatic rings. The van der Waals surface area contributed by atoms with Crippen molar-refractivity contribution in [3.8, 4) is 5.75 Å². The van der Waals surface area contributed by atoms with Crippen molar-refractivity contribution in [1.82, 2.24) is 4.90 Å². The standard InChI is InChI=1S/C19H19ClN2O2S/c20-15-7-9-16(10-8-15)21-18(23)14-5-4-6-17(13-14)24-19(25)22-11-2-1-3-12-22/h4-10,13H,1-3,11-12H2,(H,21,23). The van der Waals surface area contributed by atoms with Gasteiger partial charge in [-0.15, -0.1) is 0 Å². The molecule has 1 N–H and O–H groups in total. The van der Waals surface area contributed by atoms with Gasteiger partial charge in [-0.1, -0.05) is 17.7 Å². The van der Waals surface area contributed by atoms with E-state index in [1.807, 2.05) is 0 Å². The van der Waals surface area contributed by atoms with Gasteiger partial charge in [0.15, 0.2) is 0 Å². The number of carbonyl (C=O) groups excluding carboxylic acids is 1. The molecule has 1 aliphatic rings. The molecule has 130 valence electrons. The molecule has 1 aliphatic heterocycles. The first-order valence-corrected chi connectivity index (χ1v) is 9.04. The highest BCUT2D eigenvalue weighted by Gasteiger charge is 2.15. The van der Waals surface area contributed by atoms with Crippen molar-refractivity contribution >= 4 is 40.6 Å². The van der Waals surface area contributed by atoms with Crippen LogP contribution in [0.5, 0.6) is 5.75 Å². The van der Waals surface area contributed by atoms with E-state index in [1.165, 1.54) is 6.42 Å². The Balaban J connectivity index is 1.64. The number of hydrogen-bond donors (Lipinski definition) is 1. The molecule has 1 amide bonds. The second kappa shape index (κ2) is 8.32. The molecule has 0 unspecified atom stereocenters. The molecule has 1 saturated heterocycles. The maximum atomic E-state index is 12.4. The van der Waals surface area contributed by atoms with Crippen molar-refractivity contribution in [1.29, 1.82) is 0 Å². The third-order valence-corrected chi connectivity index (χ3v) is 4.61. The first kappa shape index (κ1) is 17.7. The molecule has 0 aliphatic carbocycles. The largest absolute Gasteiger partial charge is 0.432 e. The van der Waals surface area contributed by atoms with E-state index in [2.05, 4.69) is 10.2 Å². The molecule has 0 bridgehead atoms. The average Bonchev–Trinajstić information content (AvgIpc) is 2.64. The summed E-state index contributed by atoms with van der Waals surface area (Å²) in [6.45, 7) is 1.85. The minimum atomic E-state index is -0.211. The van der Waals surface area contributed by atoms with E-state index in [9.17, 15) is 4.79 Å². The number of anilines is 1. The van der Waals surface area contributed by atoms with E-state index < -0.39 is 0 Å². The van der Waals surface area contributed by atoms with Crippen LogP contribution in [0.1, 0.15) is 29.6 Å². The van der Waals surface area contributed by atoms with Gasteiger partial charge in [0.1, 0.15) is 5.75 Å². The summed E-state index contributed by atoms with van der Waals surface area (Å²) in [6.07, 6.45) is 3.50. The third-order valence-electron chi connectivity index (χ3n) is 4.02. The molecule has 0 aromatic heterocycles. The van der Waals surface area contributed by atoms with Crippen molar-refractivity contribution < 1.29 is 9.53 Å². The van der Waals surface area contributed by atoms with Gasteiger partial charge in [-0.05, 0) is 73.9 Å². The van der Waals surface area contributed by atoms with Crippen molar-refractivity contribution in [2.75, 3.05) is 18.4 Å². The summed E-state index contributed by atoms with van der Waals surface area (Å²) in [7, 11) is 0. The van der Waals surface area contributed by atoms with Crippen LogP contribution < -0.4 is 10.1 Å². The van der Waals surface area contributed by atoms with Crippen LogP contribution in [0.25, 0.3) is 0 Å². The molecule has 4 nitrogen and oxygen atoms in total. The lowest BCUT2D eigenvalue weighted by Crippen LogP contribution is -2.37. The molecule has 25 heavy (non-hydrogen) atoms. The molecule has 2 aromatic carbocycles. The number of benzene rings is 2. The zero-order chi connectivity index (χ0) is 17.6. The molecule has 1 fully saturated rings. The van der Waals surface area contributed by atoms with Crippen LogP contribution in [-0.2, 0) is 0 Å². The predicted octanol–water partition coefficient (Wildman–Crippen LogP) is 4.74. The smallest absolute Gasteiger partial charge is 0.264 e. The minimum Gasteiger partial charge on any atom is -0.432 e. The van der Waals surface area contributed by atoms with Crippen LogP contribution in [0, 0.1) is 0 Å². The van der Waals surface area contributed by atoms with Crippen LogP contribution >= 0.6 is 23.8 Å². The van der Waals surface area contributed by atoms with Crippen molar-refractivity contribution in [3.63, 3.8) is 0 Å². The number of ether oxygens (including phenoxy) is 1. The van der Waals surface area contributed by atoms with E-state index in [4.69, 9.17) is 28.6 Å². The zero-order valence-electron chi connectivity index (χ0n) is 13.7. The van der Waals surface area contributed by atoms with E-state index in [-0.39, 0.29) is 5.91 Å². The Bertz CT molecular complexity index is 758. The fourth-order valence-corrected chi connectivity index (χ4v) is 3.08. The number of carbonyl (C=O) groups is 1. The van der Waals surface area contributed by atoms with Crippen LogP contribution in [0.2, 0.25) is 5.02 Å². The number of piperidine rings is 1. The third kappa shape index (κ3) is 4.94. The molecule has 3 rings (SSSR count). The highest BCUT2D eigenvalue weighted by molar-refractivity contribution is 7.80. The first-order chi connectivity index (χ1) is 12.1. The summed E-state index contributed by atoms with van der Waals surface area (Å²) >= 11 is 11.2. The molecule has 6 heteroatoms. The van der Waals surface area contributed by atoms with Gasteiger partial charge in [0, 0.05) is 29.4 Å². The number of hydrogen-bond acceptors (Lipinski definition) is 3. The highest BCUT2D eigenvalue weighted by Crippen LogP contribution is 2.19. The Labute approximate surface area is 157 Å². The first-order valence-electron chi connectivity index (χ1n) is 8.25. The molecular formula is C19H19ClN2O2S. The summed E-state index contributed by atoms with van der Waals surface area (Å²) in [4.78, 5) is 14.5. The maximum absolute atomic E-state index is 12.4. The lowest BCUT2D eigenvalue weighted by molar-refractivity contribution is 0.102. The number of rotatable bonds is 3. The lowest BCUT2D eigenvalue weighted by atomic mass is 10.1. The van der Waals surface area contributed by atoms with Crippen molar-refractivity contribution in [2.45, 2.75) is 19.3 Å². The summed E-state index contributed by atoms with van der Waals surface area (Å²) in [5.41, 5.74) is 1.19. The number of thiocarbonyl (C=S) groups is 1. The van der Waals surface area contributed by atoms with Crippen LogP contribution in [-0.4, -0.2) is 29.1 Å². The van der Waals surface area contributed by atoms with E-state index in [1.54, 1.807) is 48.5 Å². The fourth-order valence-electron chi connectivity index (χ4n) is 2.68. The van der Waals surface area contributed by atoms with Gasteiger partial charge >= 0.3 is 0 Å². The van der Waals surface area contributed by atoms with Gasteiger partial charge in [-0.2, -0.15) is 0 Å². The number of amides is 1. The summed E-state index contributed by atoms with van der Waals surface area (Å²) in [5.74, 6) is 0.357. The normalized spacial score (nSPS) is 14.0. The quantitative estimate of drug-likeness (QED) is 0.788. The summed E-state index contributed by atoms with van der Waals surface area (Å²) < 4.78 is 5.77. The monoisotopic (exact) mass is 374 g/mol.